The number of amides is 2. The van der Waals surface area contributed by atoms with Crippen molar-refractivity contribution < 1.29 is 19.1 Å². The van der Waals surface area contributed by atoms with Crippen LogP contribution in [0.2, 0.25) is 0 Å². The van der Waals surface area contributed by atoms with Crippen LogP contribution in [0, 0.1) is 5.92 Å². The normalized spacial score (nSPS) is 15.1. The summed E-state index contributed by atoms with van der Waals surface area (Å²) >= 11 is 1.31. The van der Waals surface area contributed by atoms with Gasteiger partial charge >= 0.3 is 5.97 Å². The molecule has 0 spiro atoms. The minimum absolute atomic E-state index is 0.0130. The van der Waals surface area contributed by atoms with Crippen LogP contribution < -0.4 is 5.73 Å². The van der Waals surface area contributed by atoms with Gasteiger partial charge < -0.3 is 19.9 Å². The van der Waals surface area contributed by atoms with Gasteiger partial charge in [0, 0.05) is 33.0 Å². The second-order valence-corrected chi connectivity index (χ2v) is 7.06. The van der Waals surface area contributed by atoms with E-state index in [0.29, 0.717) is 49.9 Å². The van der Waals surface area contributed by atoms with E-state index in [-0.39, 0.29) is 35.9 Å². The number of primary amides is 1. The first-order valence-electron chi connectivity index (χ1n) is 8.66. The Kier molecular flexibility index (Phi) is 7.43. The van der Waals surface area contributed by atoms with Gasteiger partial charge in [-0.3, -0.25) is 14.4 Å². The van der Waals surface area contributed by atoms with Crippen molar-refractivity contribution in [3.63, 3.8) is 0 Å². The van der Waals surface area contributed by atoms with Crippen molar-refractivity contribution in [2.45, 2.75) is 37.8 Å². The van der Waals surface area contributed by atoms with Crippen LogP contribution in [-0.2, 0) is 32.6 Å². The van der Waals surface area contributed by atoms with Crippen molar-refractivity contribution >= 4 is 29.5 Å². The summed E-state index contributed by atoms with van der Waals surface area (Å²) in [6.07, 6.45) is 1.91. The molecule has 10 heteroatoms. The quantitative estimate of drug-likeness (QED) is 0.500. The summed E-state index contributed by atoms with van der Waals surface area (Å²) in [5, 5.41) is 8.72. The Morgan fingerprint density at radius 1 is 1.27 bits per heavy atom. The Morgan fingerprint density at radius 2 is 1.96 bits per heavy atom. The van der Waals surface area contributed by atoms with Gasteiger partial charge in [0.1, 0.15) is 5.82 Å². The van der Waals surface area contributed by atoms with Crippen LogP contribution in [0.1, 0.15) is 32.0 Å². The molecule has 0 atom stereocenters. The fourth-order valence-corrected chi connectivity index (χ4v) is 3.60. The van der Waals surface area contributed by atoms with Gasteiger partial charge in [0.15, 0.2) is 5.16 Å². The van der Waals surface area contributed by atoms with Crippen LogP contribution in [-0.4, -0.2) is 62.9 Å². The van der Waals surface area contributed by atoms with Gasteiger partial charge in [-0.1, -0.05) is 11.8 Å². The van der Waals surface area contributed by atoms with E-state index >= 15 is 0 Å². The lowest BCUT2D eigenvalue weighted by atomic mass is 9.97. The van der Waals surface area contributed by atoms with E-state index in [2.05, 4.69) is 10.2 Å². The standard InChI is InChI=1S/C16H25N5O4S/c1-3-25-15(24)11-6-8-21(9-7-11)14(23)10-26-16-19-18-13(20(16)2)5-4-12(17)22/h11H,3-10H2,1-2H3,(H2,17,22). The van der Waals surface area contributed by atoms with Crippen LogP contribution in [0.15, 0.2) is 5.16 Å². The summed E-state index contributed by atoms with van der Waals surface area (Å²) in [4.78, 5) is 36.8. The number of nitrogens with two attached hydrogens (primary N) is 1. The number of carbonyl (C=O) groups excluding carboxylic acids is 3. The molecule has 0 aliphatic carbocycles. The van der Waals surface area contributed by atoms with Crippen molar-refractivity contribution in [3.8, 4) is 0 Å². The molecule has 2 amide bonds. The highest BCUT2D eigenvalue weighted by Crippen LogP contribution is 2.21. The average Bonchev–Trinajstić information content (AvgIpc) is 2.98. The molecule has 1 aromatic rings. The molecule has 1 aromatic heterocycles. The molecule has 2 heterocycles. The number of aromatic nitrogens is 3. The molecule has 1 saturated heterocycles. The predicted octanol–water partition coefficient (Wildman–Crippen LogP) is 0.127. The van der Waals surface area contributed by atoms with Crippen LogP contribution in [0.3, 0.4) is 0 Å². The van der Waals surface area contributed by atoms with E-state index in [1.54, 1.807) is 23.4 Å². The molecule has 0 aromatic carbocycles. The largest absolute Gasteiger partial charge is 0.466 e. The maximum Gasteiger partial charge on any atom is 0.309 e. The van der Waals surface area contributed by atoms with Gasteiger partial charge in [0.25, 0.3) is 0 Å². The highest BCUT2D eigenvalue weighted by atomic mass is 32.2. The molecule has 26 heavy (non-hydrogen) atoms. The number of carbonyl (C=O) groups is 3. The maximum atomic E-state index is 12.4. The SMILES string of the molecule is CCOC(=O)C1CCN(C(=O)CSc2nnc(CCC(N)=O)n2C)CC1. The third-order valence-corrected chi connectivity index (χ3v) is 5.32. The second kappa shape index (κ2) is 9.56. The fraction of sp³-hybridized carbons (Fsp3) is 0.688. The molecular weight excluding hydrogens is 358 g/mol. The second-order valence-electron chi connectivity index (χ2n) is 6.12. The third kappa shape index (κ3) is 5.45. The Bertz CT molecular complexity index is 655. The van der Waals surface area contributed by atoms with Gasteiger partial charge in [0.05, 0.1) is 18.3 Å². The molecule has 0 radical (unpaired) electrons. The number of hydrogen-bond donors (Lipinski definition) is 1. The highest BCUT2D eigenvalue weighted by molar-refractivity contribution is 7.99. The Morgan fingerprint density at radius 3 is 2.58 bits per heavy atom. The first-order valence-corrected chi connectivity index (χ1v) is 9.64. The van der Waals surface area contributed by atoms with Gasteiger partial charge in [-0.15, -0.1) is 10.2 Å². The van der Waals surface area contributed by atoms with Crippen molar-refractivity contribution in [3.05, 3.63) is 5.82 Å². The number of ether oxygens (including phenoxy) is 1. The molecule has 0 unspecified atom stereocenters. The van der Waals surface area contributed by atoms with Crippen molar-refractivity contribution in [1.82, 2.24) is 19.7 Å². The molecule has 1 fully saturated rings. The van der Waals surface area contributed by atoms with Crippen LogP contribution in [0.25, 0.3) is 0 Å². The van der Waals surface area contributed by atoms with E-state index in [9.17, 15) is 14.4 Å². The number of piperidine rings is 1. The van der Waals surface area contributed by atoms with Crippen molar-refractivity contribution in [2.24, 2.45) is 18.7 Å². The number of thioether (sulfide) groups is 1. The van der Waals surface area contributed by atoms with Gasteiger partial charge in [0.2, 0.25) is 11.8 Å². The molecule has 0 saturated carbocycles. The number of aryl methyl sites for hydroxylation is 1. The molecule has 144 valence electrons. The number of hydrogen-bond acceptors (Lipinski definition) is 7. The lowest BCUT2D eigenvalue weighted by Gasteiger charge is -2.30. The van der Waals surface area contributed by atoms with E-state index in [1.807, 2.05) is 0 Å². The first-order chi connectivity index (χ1) is 12.4. The molecule has 9 nitrogen and oxygen atoms in total. The number of nitrogens with zero attached hydrogens (tertiary/aromatic N) is 4. The summed E-state index contributed by atoms with van der Waals surface area (Å²) < 4.78 is 6.81. The minimum Gasteiger partial charge on any atom is -0.466 e. The first kappa shape index (κ1) is 20.2. The zero-order valence-corrected chi connectivity index (χ0v) is 16.0. The molecule has 1 aliphatic heterocycles. The number of likely N-dealkylation sites (tertiary alicyclic amines) is 1. The number of rotatable bonds is 8. The lowest BCUT2D eigenvalue weighted by Crippen LogP contribution is -2.41. The molecule has 2 rings (SSSR count). The van der Waals surface area contributed by atoms with Crippen molar-refractivity contribution in [2.75, 3.05) is 25.4 Å². The van der Waals surface area contributed by atoms with E-state index < -0.39 is 0 Å². The lowest BCUT2D eigenvalue weighted by molar-refractivity contribution is -0.151. The topological polar surface area (TPSA) is 120 Å². The highest BCUT2D eigenvalue weighted by Gasteiger charge is 2.28. The predicted molar refractivity (Wildman–Crippen MR) is 95.2 cm³/mol. The summed E-state index contributed by atoms with van der Waals surface area (Å²) in [6.45, 7) is 3.30. The van der Waals surface area contributed by atoms with Crippen LogP contribution in [0.5, 0.6) is 0 Å². The summed E-state index contributed by atoms with van der Waals surface area (Å²) in [5.74, 6) is 0.262. The summed E-state index contributed by atoms with van der Waals surface area (Å²) in [7, 11) is 1.80. The Balaban J connectivity index is 1.79. The average molecular weight is 383 g/mol. The minimum atomic E-state index is -0.386. The van der Waals surface area contributed by atoms with Gasteiger partial charge in [-0.25, -0.2) is 0 Å². The monoisotopic (exact) mass is 383 g/mol. The van der Waals surface area contributed by atoms with E-state index in [0.717, 1.165) is 0 Å². The van der Waals surface area contributed by atoms with Crippen LogP contribution in [0.4, 0.5) is 0 Å². The van der Waals surface area contributed by atoms with Gasteiger partial charge in [-0.05, 0) is 19.8 Å². The third-order valence-electron chi connectivity index (χ3n) is 4.31. The maximum absolute atomic E-state index is 12.4. The van der Waals surface area contributed by atoms with E-state index in [1.165, 1.54) is 11.8 Å². The van der Waals surface area contributed by atoms with Gasteiger partial charge in [-0.2, -0.15) is 0 Å². The van der Waals surface area contributed by atoms with E-state index in [4.69, 9.17) is 10.5 Å². The Labute approximate surface area is 156 Å². The fourth-order valence-electron chi connectivity index (χ4n) is 2.77. The van der Waals surface area contributed by atoms with Crippen LogP contribution >= 0.6 is 11.8 Å². The number of esters is 1. The van der Waals surface area contributed by atoms with Crippen molar-refractivity contribution in [1.29, 1.82) is 0 Å². The smallest absolute Gasteiger partial charge is 0.309 e. The summed E-state index contributed by atoms with van der Waals surface area (Å²) in [5.41, 5.74) is 5.14. The zero-order valence-electron chi connectivity index (χ0n) is 15.1. The molecule has 0 bridgehead atoms. The summed E-state index contributed by atoms with van der Waals surface area (Å²) in [6, 6.07) is 0. The Hall–Kier alpha value is -2.10. The molecule has 1 aliphatic rings. The molecular formula is C16H25N5O4S. The zero-order chi connectivity index (χ0) is 19.1. The molecule has 2 N–H and O–H groups in total.